The molecule has 0 saturated carbocycles. The minimum atomic E-state index is 0.222. The third-order valence-electron chi connectivity index (χ3n) is 7.13. The third kappa shape index (κ3) is 7.29. The van der Waals surface area contributed by atoms with Crippen LogP contribution in [0.1, 0.15) is 61.9 Å². The molecule has 0 aliphatic carbocycles. The molecule has 1 heterocycles. The van der Waals surface area contributed by atoms with Gasteiger partial charge in [-0.1, -0.05) is 107 Å². The first-order chi connectivity index (χ1) is 16.3. The van der Waals surface area contributed by atoms with E-state index in [0.29, 0.717) is 12.0 Å². The molecule has 1 aliphatic heterocycles. The van der Waals surface area contributed by atoms with Crippen LogP contribution in [-0.2, 0) is 31.3 Å². The van der Waals surface area contributed by atoms with Crippen LogP contribution in [0.2, 0.25) is 0 Å². The van der Waals surface area contributed by atoms with Crippen LogP contribution < -0.4 is 5.32 Å². The maximum absolute atomic E-state index is 3.78. The van der Waals surface area contributed by atoms with Crippen molar-refractivity contribution < 1.29 is 0 Å². The second kappa shape index (κ2) is 11.3. The van der Waals surface area contributed by atoms with Crippen LogP contribution in [-0.4, -0.2) is 24.0 Å². The van der Waals surface area contributed by atoms with E-state index in [-0.39, 0.29) is 5.41 Å². The Morgan fingerprint density at radius 2 is 1.38 bits per heavy atom. The van der Waals surface area contributed by atoms with Gasteiger partial charge in [0.1, 0.15) is 0 Å². The molecular formula is C32H42N2. The molecule has 3 aromatic carbocycles. The van der Waals surface area contributed by atoms with Crippen molar-refractivity contribution in [1.29, 1.82) is 0 Å². The van der Waals surface area contributed by atoms with Crippen molar-refractivity contribution in [2.75, 3.05) is 13.1 Å². The van der Waals surface area contributed by atoms with Gasteiger partial charge < -0.3 is 5.32 Å². The molecule has 3 aromatic rings. The minimum absolute atomic E-state index is 0.222. The van der Waals surface area contributed by atoms with Crippen LogP contribution in [0.25, 0.3) is 0 Å². The van der Waals surface area contributed by atoms with Gasteiger partial charge in [0.2, 0.25) is 0 Å². The van der Waals surface area contributed by atoms with E-state index in [0.717, 1.165) is 32.5 Å². The highest BCUT2D eigenvalue weighted by atomic mass is 15.2. The van der Waals surface area contributed by atoms with E-state index in [1.807, 2.05) is 0 Å². The van der Waals surface area contributed by atoms with Gasteiger partial charge >= 0.3 is 0 Å². The summed E-state index contributed by atoms with van der Waals surface area (Å²) >= 11 is 0. The Labute approximate surface area is 207 Å². The average Bonchev–Trinajstić information content (AvgIpc) is 3.26. The molecule has 0 amide bonds. The van der Waals surface area contributed by atoms with Crippen LogP contribution >= 0.6 is 0 Å². The first-order valence-corrected chi connectivity index (χ1v) is 13.0. The summed E-state index contributed by atoms with van der Waals surface area (Å²) in [7, 11) is 0. The number of hydrogen-bond donors (Lipinski definition) is 1. The molecule has 0 radical (unpaired) electrons. The summed E-state index contributed by atoms with van der Waals surface area (Å²) in [4.78, 5) is 2.56. The Kier molecular flexibility index (Phi) is 8.24. The summed E-state index contributed by atoms with van der Waals surface area (Å²) in [6.45, 7) is 13.5. The molecule has 34 heavy (non-hydrogen) atoms. The van der Waals surface area contributed by atoms with Gasteiger partial charge in [-0.25, -0.2) is 0 Å². The summed E-state index contributed by atoms with van der Waals surface area (Å²) in [5, 5.41) is 3.78. The number of benzene rings is 3. The van der Waals surface area contributed by atoms with E-state index in [2.05, 4.69) is 117 Å². The minimum Gasteiger partial charge on any atom is -0.309 e. The molecule has 2 heteroatoms. The lowest BCUT2D eigenvalue weighted by Crippen LogP contribution is -2.31. The van der Waals surface area contributed by atoms with Crippen molar-refractivity contribution in [2.45, 2.75) is 71.5 Å². The highest BCUT2D eigenvalue weighted by molar-refractivity contribution is 5.28. The van der Waals surface area contributed by atoms with Gasteiger partial charge in [0.15, 0.2) is 0 Å². The van der Waals surface area contributed by atoms with Crippen molar-refractivity contribution in [1.82, 2.24) is 10.2 Å². The zero-order valence-corrected chi connectivity index (χ0v) is 21.6. The summed E-state index contributed by atoms with van der Waals surface area (Å²) in [6.07, 6.45) is 3.50. The summed E-state index contributed by atoms with van der Waals surface area (Å²) in [6, 6.07) is 29.9. The van der Waals surface area contributed by atoms with E-state index in [9.17, 15) is 0 Å². The fraction of sp³-hybridized carbons (Fsp3) is 0.438. The molecule has 2 nitrogen and oxygen atoms in total. The van der Waals surface area contributed by atoms with Gasteiger partial charge in [0.05, 0.1) is 0 Å². The average molecular weight is 455 g/mol. The smallest absolute Gasteiger partial charge is 0.0234 e. The number of nitrogens with one attached hydrogen (secondary N) is 1. The van der Waals surface area contributed by atoms with Gasteiger partial charge in [-0.3, -0.25) is 4.90 Å². The van der Waals surface area contributed by atoms with E-state index in [1.165, 1.54) is 40.8 Å². The van der Waals surface area contributed by atoms with E-state index >= 15 is 0 Å². The molecule has 2 unspecified atom stereocenters. The van der Waals surface area contributed by atoms with Crippen LogP contribution in [0.15, 0.2) is 78.9 Å². The van der Waals surface area contributed by atoms with Crippen LogP contribution in [0.4, 0.5) is 0 Å². The van der Waals surface area contributed by atoms with Crippen LogP contribution in [0.5, 0.6) is 0 Å². The lowest BCUT2D eigenvalue weighted by atomic mass is 9.86. The van der Waals surface area contributed by atoms with Gasteiger partial charge in [-0.05, 0) is 58.4 Å². The Bertz CT molecular complexity index is 1000. The second-order valence-electron chi connectivity index (χ2n) is 11.4. The molecule has 1 N–H and O–H groups in total. The molecular weight excluding hydrogens is 412 g/mol. The largest absolute Gasteiger partial charge is 0.309 e. The molecule has 0 spiro atoms. The Hall–Kier alpha value is -2.42. The van der Waals surface area contributed by atoms with Crippen molar-refractivity contribution >= 4 is 0 Å². The number of nitrogens with zero attached hydrogens (tertiary/aromatic N) is 1. The van der Waals surface area contributed by atoms with Gasteiger partial charge in [0.25, 0.3) is 0 Å². The predicted octanol–water partition coefficient (Wildman–Crippen LogP) is 6.77. The highest BCUT2D eigenvalue weighted by Gasteiger charge is 2.21. The van der Waals surface area contributed by atoms with Crippen molar-refractivity contribution in [2.24, 2.45) is 5.92 Å². The number of rotatable bonds is 9. The van der Waals surface area contributed by atoms with E-state index < -0.39 is 0 Å². The van der Waals surface area contributed by atoms with Crippen molar-refractivity contribution in [3.05, 3.63) is 107 Å². The molecule has 1 aliphatic rings. The zero-order valence-electron chi connectivity index (χ0n) is 21.6. The highest BCUT2D eigenvalue weighted by Crippen LogP contribution is 2.23. The Morgan fingerprint density at radius 1 is 0.794 bits per heavy atom. The summed E-state index contributed by atoms with van der Waals surface area (Å²) < 4.78 is 0. The SMILES string of the molecule is CC(Cc1ccc(CNC2CCN(Cc3ccccc3)C2)cc1)Cc1ccc(C(C)(C)C)cc1. The number of likely N-dealkylation sites (tertiary alicyclic amines) is 1. The maximum atomic E-state index is 3.78. The summed E-state index contributed by atoms with van der Waals surface area (Å²) in [5.41, 5.74) is 7.32. The monoisotopic (exact) mass is 454 g/mol. The van der Waals surface area contributed by atoms with Crippen molar-refractivity contribution in [3.8, 4) is 0 Å². The first-order valence-electron chi connectivity index (χ1n) is 13.0. The molecule has 4 rings (SSSR count). The Morgan fingerprint density at radius 3 is 2.00 bits per heavy atom. The Balaban J connectivity index is 1.19. The number of hydrogen-bond acceptors (Lipinski definition) is 2. The quantitative estimate of drug-likeness (QED) is 0.384. The maximum Gasteiger partial charge on any atom is 0.0234 e. The standard InChI is InChI=1S/C32H42N2/c1-25(21-27-14-16-30(17-15-27)32(2,3)4)20-26-10-12-28(13-11-26)22-33-31-18-19-34(24-31)23-29-8-6-5-7-9-29/h5-17,25,31,33H,18-24H2,1-4H3. The molecule has 2 atom stereocenters. The molecule has 0 aromatic heterocycles. The summed E-state index contributed by atoms with van der Waals surface area (Å²) in [5.74, 6) is 0.638. The van der Waals surface area contributed by atoms with E-state index in [1.54, 1.807) is 0 Å². The fourth-order valence-electron chi connectivity index (χ4n) is 5.06. The fourth-order valence-corrected chi connectivity index (χ4v) is 5.06. The van der Waals surface area contributed by atoms with E-state index in [4.69, 9.17) is 0 Å². The molecule has 180 valence electrons. The van der Waals surface area contributed by atoms with Gasteiger partial charge in [-0.2, -0.15) is 0 Å². The first kappa shape index (κ1) is 24.7. The normalized spacial score (nSPS) is 17.7. The lowest BCUT2D eigenvalue weighted by molar-refractivity contribution is 0.320. The topological polar surface area (TPSA) is 15.3 Å². The third-order valence-corrected chi connectivity index (χ3v) is 7.13. The zero-order chi connectivity index (χ0) is 24.0. The predicted molar refractivity (Wildman–Crippen MR) is 145 cm³/mol. The molecule has 0 bridgehead atoms. The molecule has 1 fully saturated rings. The van der Waals surface area contributed by atoms with Gasteiger partial charge in [-0.15, -0.1) is 0 Å². The lowest BCUT2D eigenvalue weighted by Gasteiger charge is -2.19. The molecule has 1 saturated heterocycles. The van der Waals surface area contributed by atoms with Crippen molar-refractivity contribution in [3.63, 3.8) is 0 Å². The van der Waals surface area contributed by atoms with Crippen LogP contribution in [0.3, 0.4) is 0 Å². The van der Waals surface area contributed by atoms with Gasteiger partial charge in [0, 0.05) is 32.2 Å². The van der Waals surface area contributed by atoms with Crippen LogP contribution in [0, 0.1) is 5.92 Å². The second-order valence-corrected chi connectivity index (χ2v) is 11.4.